The zero-order valence-corrected chi connectivity index (χ0v) is 11.0. The highest BCUT2D eigenvalue weighted by Gasteiger charge is 2.22. The molecule has 0 aromatic carbocycles. The summed E-state index contributed by atoms with van der Waals surface area (Å²) < 4.78 is 5.42. The second kappa shape index (κ2) is 5.57. The Kier molecular flexibility index (Phi) is 4.07. The van der Waals surface area contributed by atoms with Gasteiger partial charge < -0.3 is 14.8 Å². The topological polar surface area (TPSA) is 62.5 Å². The van der Waals surface area contributed by atoms with E-state index < -0.39 is 5.97 Å². The van der Waals surface area contributed by atoms with Crippen LogP contribution in [0.15, 0.2) is 10.5 Å². The molecule has 100 valence electrons. The zero-order valence-electron chi connectivity index (χ0n) is 11.0. The first-order valence-corrected chi connectivity index (χ1v) is 6.61. The molecule has 0 aliphatic heterocycles. The van der Waals surface area contributed by atoms with Gasteiger partial charge in [-0.15, -0.1) is 0 Å². The molecule has 18 heavy (non-hydrogen) atoms. The first-order valence-electron chi connectivity index (χ1n) is 6.61. The monoisotopic (exact) mass is 251 g/mol. The standard InChI is InChI=1S/C14H21NO3/c1-9-4-3-5-11(9)7-15-8-12-6-13(14(16)17)10(2)18-12/h6,9,11,15H,3-5,7-8H2,1-2H3,(H,16,17). The van der Waals surface area contributed by atoms with Crippen LogP contribution in [0.4, 0.5) is 0 Å². The highest BCUT2D eigenvalue weighted by Crippen LogP contribution is 2.30. The fourth-order valence-electron chi connectivity index (χ4n) is 2.75. The van der Waals surface area contributed by atoms with Gasteiger partial charge in [-0.05, 0) is 37.8 Å². The van der Waals surface area contributed by atoms with Gasteiger partial charge in [-0.3, -0.25) is 0 Å². The van der Waals surface area contributed by atoms with Gasteiger partial charge in [0.2, 0.25) is 0 Å². The number of carboxylic acids is 1. The largest absolute Gasteiger partial charge is 0.478 e. The van der Waals surface area contributed by atoms with Crippen molar-refractivity contribution in [2.24, 2.45) is 11.8 Å². The van der Waals surface area contributed by atoms with Crippen molar-refractivity contribution in [3.63, 3.8) is 0 Å². The fourth-order valence-corrected chi connectivity index (χ4v) is 2.75. The Bertz CT molecular complexity index is 425. The zero-order chi connectivity index (χ0) is 13.1. The third kappa shape index (κ3) is 2.93. The third-order valence-corrected chi connectivity index (χ3v) is 3.94. The predicted molar refractivity (Wildman–Crippen MR) is 68.6 cm³/mol. The number of furan rings is 1. The van der Waals surface area contributed by atoms with Crippen molar-refractivity contribution in [1.82, 2.24) is 5.32 Å². The number of hydrogen-bond donors (Lipinski definition) is 2. The van der Waals surface area contributed by atoms with Crippen molar-refractivity contribution in [3.8, 4) is 0 Å². The quantitative estimate of drug-likeness (QED) is 0.844. The number of hydrogen-bond acceptors (Lipinski definition) is 3. The molecule has 2 unspecified atom stereocenters. The van der Waals surface area contributed by atoms with Crippen molar-refractivity contribution in [2.45, 2.75) is 39.7 Å². The van der Waals surface area contributed by atoms with E-state index in [1.807, 2.05) is 0 Å². The molecule has 1 heterocycles. The normalized spacial score (nSPS) is 23.4. The molecule has 1 aliphatic rings. The Hall–Kier alpha value is -1.29. The van der Waals surface area contributed by atoms with Crippen LogP contribution >= 0.6 is 0 Å². The van der Waals surface area contributed by atoms with E-state index >= 15 is 0 Å². The fraction of sp³-hybridized carbons (Fsp3) is 0.643. The molecule has 0 saturated heterocycles. The van der Waals surface area contributed by atoms with Gasteiger partial charge in [0.1, 0.15) is 17.1 Å². The van der Waals surface area contributed by atoms with E-state index in [2.05, 4.69) is 12.2 Å². The van der Waals surface area contributed by atoms with E-state index in [1.165, 1.54) is 19.3 Å². The van der Waals surface area contributed by atoms with Gasteiger partial charge in [0, 0.05) is 0 Å². The summed E-state index contributed by atoms with van der Waals surface area (Å²) in [6, 6.07) is 1.61. The average Bonchev–Trinajstić information content (AvgIpc) is 2.86. The van der Waals surface area contributed by atoms with Gasteiger partial charge in [-0.2, -0.15) is 0 Å². The Morgan fingerprint density at radius 3 is 2.89 bits per heavy atom. The van der Waals surface area contributed by atoms with Crippen LogP contribution in [0.5, 0.6) is 0 Å². The van der Waals surface area contributed by atoms with Gasteiger partial charge in [-0.1, -0.05) is 19.8 Å². The lowest BCUT2D eigenvalue weighted by Gasteiger charge is -2.15. The molecule has 2 N–H and O–H groups in total. The molecule has 4 heteroatoms. The predicted octanol–water partition coefficient (Wildman–Crippen LogP) is 2.81. The number of aryl methyl sites for hydroxylation is 1. The average molecular weight is 251 g/mol. The molecule has 2 atom stereocenters. The van der Waals surface area contributed by atoms with Crippen LogP contribution in [0.25, 0.3) is 0 Å². The first-order chi connectivity index (χ1) is 8.58. The summed E-state index contributed by atoms with van der Waals surface area (Å²) in [5.41, 5.74) is 0.265. The summed E-state index contributed by atoms with van der Waals surface area (Å²) >= 11 is 0. The maximum absolute atomic E-state index is 10.9. The third-order valence-electron chi connectivity index (χ3n) is 3.94. The van der Waals surface area contributed by atoms with Crippen molar-refractivity contribution in [3.05, 3.63) is 23.2 Å². The summed E-state index contributed by atoms with van der Waals surface area (Å²) in [5, 5.41) is 12.3. The summed E-state index contributed by atoms with van der Waals surface area (Å²) in [4.78, 5) is 10.9. The second-order valence-corrected chi connectivity index (χ2v) is 5.29. The molecule has 2 rings (SSSR count). The van der Waals surface area contributed by atoms with Crippen LogP contribution in [-0.4, -0.2) is 17.6 Å². The van der Waals surface area contributed by atoms with E-state index in [0.29, 0.717) is 18.1 Å². The van der Waals surface area contributed by atoms with Gasteiger partial charge in [0.15, 0.2) is 0 Å². The maximum Gasteiger partial charge on any atom is 0.339 e. The Labute approximate surface area is 107 Å². The molecule has 1 aromatic heterocycles. The van der Waals surface area contributed by atoms with E-state index in [-0.39, 0.29) is 5.56 Å². The summed E-state index contributed by atoms with van der Waals surface area (Å²) in [5.74, 6) is 1.81. The molecule has 0 bridgehead atoms. The lowest BCUT2D eigenvalue weighted by atomic mass is 9.98. The molecule has 1 fully saturated rings. The lowest BCUT2D eigenvalue weighted by Crippen LogP contribution is -2.23. The van der Waals surface area contributed by atoms with E-state index in [4.69, 9.17) is 9.52 Å². The van der Waals surface area contributed by atoms with Gasteiger partial charge in [0.05, 0.1) is 6.54 Å². The van der Waals surface area contributed by atoms with Crippen molar-refractivity contribution in [1.29, 1.82) is 0 Å². The highest BCUT2D eigenvalue weighted by atomic mass is 16.4. The number of rotatable bonds is 5. The van der Waals surface area contributed by atoms with Crippen LogP contribution in [0.1, 0.15) is 48.1 Å². The van der Waals surface area contributed by atoms with Gasteiger partial charge in [0.25, 0.3) is 0 Å². The number of aromatic carboxylic acids is 1. The van der Waals surface area contributed by atoms with Crippen LogP contribution in [-0.2, 0) is 6.54 Å². The Balaban J connectivity index is 1.83. The maximum atomic E-state index is 10.9. The van der Waals surface area contributed by atoms with Crippen LogP contribution in [0, 0.1) is 18.8 Å². The molecule has 1 saturated carbocycles. The smallest absolute Gasteiger partial charge is 0.339 e. The minimum Gasteiger partial charge on any atom is -0.478 e. The summed E-state index contributed by atoms with van der Waals surface area (Å²) in [6.45, 7) is 5.59. The lowest BCUT2D eigenvalue weighted by molar-refractivity contribution is 0.0695. The van der Waals surface area contributed by atoms with E-state index in [1.54, 1.807) is 13.0 Å². The van der Waals surface area contributed by atoms with E-state index in [9.17, 15) is 4.79 Å². The van der Waals surface area contributed by atoms with Crippen molar-refractivity contribution in [2.75, 3.05) is 6.54 Å². The summed E-state index contributed by atoms with van der Waals surface area (Å²) in [6.07, 6.45) is 3.96. The van der Waals surface area contributed by atoms with Crippen LogP contribution < -0.4 is 5.32 Å². The molecule has 4 nitrogen and oxygen atoms in total. The van der Waals surface area contributed by atoms with Gasteiger partial charge >= 0.3 is 5.97 Å². The second-order valence-electron chi connectivity index (χ2n) is 5.29. The molecule has 1 aromatic rings. The Morgan fingerprint density at radius 1 is 1.56 bits per heavy atom. The summed E-state index contributed by atoms with van der Waals surface area (Å²) in [7, 11) is 0. The molecular formula is C14H21NO3. The molecule has 1 aliphatic carbocycles. The van der Waals surface area contributed by atoms with E-state index in [0.717, 1.165) is 18.4 Å². The molecule has 0 spiro atoms. The first kappa shape index (κ1) is 13.1. The number of carboxylic acid groups (broad SMARTS) is 1. The van der Waals surface area contributed by atoms with Crippen LogP contribution in [0.3, 0.4) is 0 Å². The molecule has 0 amide bonds. The SMILES string of the molecule is Cc1oc(CNCC2CCCC2C)cc1C(=O)O. The number of nitrogens with one attached hydrogen (secondary N) is 1. The van der Waals surface area contributed by atoms with Gasteiger partial charge in [-0.25, -0.2) is 4.79 Å². The van der Waals surface area contributed by atoms with Crippen molar-refractivity contribution < 1.29 is 14.3 Å². The highest BCUT2D eigenvalue weighted by molar-refractivity contribution is 5.88. The Morgan fingerprint density at radius 2 is 2.33 bits per heavy atom. The van der Waals surface area contributed by atoms with Crippen molar-refractivity contribution >= 4 is 5.97 Å². The molecular weight excluding hydrogens is 230 g/mol. The number of carbonyl (C=O) groups is 1. The molecule has 0 radical (unpaired) electrons. The minimum absolute atomic E-state index is 0.265. The minimum atomic E-state index is -0.924. The van der Waals surface area contributed by atoms with Crippen LogP contribution in [0.2, 0.25) is 0 Å².